The zero-order valence-electron chi connectivity index (χ0n) is 32.0. The highest BCUT2D eigenvalue weighted by atomic mass is 32.2. The lowest BCUT2D eigenvalue weighted by atomic mass is 9.72. The van der Waals surface area contributed by atoms with Gasteiger partial charge in [-0.2, -0.15) is 5.10 Å². The van der Waals surface area contributed by atoms with Gasteiger partial charge in [-0.15, -0.1) is 24.9 Å². The standard InChI is InChI=1S/C40H52N6O4S/c1-13-16-28-25(2)41-45(42-28)31-19-26(39(9,10)23-37(3,4)5)21-33(35(31)47)51(49,50)34-22-27(40(11,12)24-38(6,7)8)20-32(36(34)48)46-43-29-17-14-15-18-30(29)44-46/h13-22,47-48H,23-24H2,1-12H3/b16-13-. The SMILES string of the molecule is C/C=C\c1nn(-c2cc(C(C)(C)CC(C)(C)C)cc(S(=O)(=O)c3cc(C(C)(C)CC(C)(C)C)cc(-n4nc5ccccc5n4)c3O)c2O)nc1C. The number of hydrogen-bond acceptors (Lipinski definition) is 8. The summed E-state index contributed by atoms with van der Waals surface area (Å²) in [5.74, 6) is -1.04. The molecule has 0 unspecified atom stereocenters. The Morgan fingerprint density at radius 1 is 0.667 bits per heavy atom. The first-order valence-corrected chi connectivity index (χ1v) is 18.8. The van der Waals surface area contributed by atoms with Crippen LogP contribution >= 0.6 is 0 Å². The molecule has 11 heteroatoms. The van der Waals surface area contributed by atoms with Gasteiger partial charge in [0.05, 0.1) is 5.69 Å². The van der Waals surface area contributed by atoms with Crippen LogP contribution in [0.25, 0.3) is 28.5 Å². The molecule has 0 bridgehead atoms. The Balaban J connectivity index is 1.84. The molecular formula is C40H52N6O4S. The summed E-state index contributed by atoms with van der Waals surface area (Å²) >= 11 is 0. The number of benzene rings is 3. The molecule has 0 radical (unpaired) electrons. The molecule has 0 atom stereocenters. The van der Waals surface area contributed by atoms with E-state index in [0.717, 1.165) is 0 Å². The van der Waals surface area contributed by atoms with Crippen molar-refractivity contribution in [2.75, 3.05) is 0 Å². The largest absolute Gasteiger partial charge is 0.504 e. The number of allylic oxidation sites excluding steroid dienone is 1. The summed E-state index contributed by atoms with van der Waals surface area (Å²) in [7, 11) is -4.61. The minimum atomic E-state index is -4.61. The molecular weight excluding hydrogens is 661 g/mol. The van der Waals surface area contributed by atoms with Crippen LogP contribution in [0.1, 0.15) is 112 Å². The molecule has 51 heavy (non-hydrogen) atoms. The second kappa shape index (κ2) is 12.9. The lowest BCUT2D eigenvalue weighted by molar-refractivity contribution is 0.283. The summed E-state index contributed by atoms with van der Waals surface area (Å²) < 4.78 is 30.2. The zero-order chi connectivity index (χ0) is 37.9. The van der Waals surface area contributed by atoms with Crippen LogP contribution in [0.2, 0.25) is 0 Å². The van der Waals surface area contributed by atoms with E-state index < -0.39 is 32.2 Å². The number of rotatable bonds is 9. The van der Waals surface area contributed by atoms with Gasteiger partial charge in [-0.25, -0.2) is 8.42 Å². The number of sulfone groups is 1. The van der Waals surface area contributed by atoms with Crippen LogP contribution in [0.5, 0.6) is 11.5 Å². The molecule has 0 spiro atoms. The van der Waals surface area contributed by atoms with Crippen molar-refractivity contribution in [3.63, 3.8) is 0 Å². The predicted molar refractivity (Wildman–Crippen MR) is 203 cm³/mol. The number of aromatic nitrogens is 6. The van der Waals surface area contributed by atoms with Crippen LogP contribution < -0.4 is 0 Å². The molecule has 3 aromatic carbocycles. The van der Waals surface area contributed by atoms with Crippen LogP contribution in [0, 0.1) is 17.8 Å². The van der Waals surface area contributed by atoms with Crippen molar-refractivity contribution in [3.05, 3.63) is 77.1 Å². The molecule has 0 saturated carbocycles. The van der Waals surface area contributed by atoms with Gasteiger partial charge in [0, 0.05) is 0 Å². The van der Waals surface area contributed by atoms with Gasteiger partial charge in [0.2, 0.25) is 9.84 Å². The van der Waals surface area contributed by atoms with E-state index in [-0.39, 0.29) is 32.0 Å². The number of fused-ring (bicyclic) bond motifs is 1. The Kier molecular flexibility index (Phi) is 9.56. The third-order valence-electron chi connectivity index (χ3n) is 9.06. The first kappa shape index (κ1) is 37.7. The molecule has 2 aromatic heterocycles. The van der Waals surface area contributed by atoms with Gasteiger partial charge in [-0.05, 0) is 102 Å². The van der Waals surface area contributed by atoms with Gasteiger partial charge in [0.15, 0.2) is 11.5 Å². The highest BCUT2D eigenvalue weighted by Crippen LogP contribution is 2.46. The fraction of sp³-hybridized carbons (Fsp3) is 0.450. The third kappa shape index (κ3) is 7.73. The van der Waals surface area contributed by atoms with E-state index in [1.165, 1.54) is 21.7 Å². The van der Waals surface area contributed by atoms with Crippen LogP contribution in [0.3, 0.4) is 0 Å². The number of phenols is 2. The first-order valence-electron chi connectivity index (χ1n) is 17.3. The van der Waals surface area contributed by atoms with Gasteiger partial charge in [-0.3, -0.25) is 0 Å². The van der Waals surface area contributed by atoms with Crippen LogP contribution in [-0.2, 0) is 20.7 Å². The van der Waals surface area contributed by atoms with E-state index in [1.807, 2.05) is 25.1 Å². The molecule has 10 nitrogen and oxygen atoms in total. The summed E-state index contributed by atoms with van der Waals surface area (Å²) in [6.07, 6.45) is 5.07. The topological polar surface area (TPSA) is 136 Å². The molecule has 2 N–H and O–H groups in total. The lowest BCUT2D eigenvalue weighted by Gasteiger charge is -2.34. The summed E-state index contributed by atoms with van der Waals surface area (Å²) in [6, 6.07) is 13.8. The van der Waals surface area contributed by atoms with Gasteiger partial charge in [0.1, 0.15) is 37.9 Å². The van der Waals surface area contributed by atoms with Gasteiger partial charge < -0.3 is 10.2 Å². The second-order valence-corrected chi connectivity index (χ2v) is 19.3. The second-order valence-electron chi connectivity index (χ2n) is 17.4. The Morgan fingerprint density at radius 2 is 1.08 bits per heavy atom. The van der Waals surface area contributed by atoms with E-state index in [2.05, 4.69) is 89.6 Å². The van der Waals surface area contributed by atoms with Crippen molar-refractivity contribution in [2.24, 2.45) is 10.8 Å². The summed E-state index contributed by atoms with van der Waals surface area (Å²) in [6.45, 7) is 24.7. The number of aryl methyl sites for hydroxylation is 1. The zero-order valence-corrected chi connectivity index (χ0v) is 32.8. The molecule has 0 aliphatic rings. The Hall–Kier alpha value is -4.51. The Bertz CT molecular complexity index is 2210. The van der Waals surface area contributed by atoms with E-state index in [0.29, 0.717) is 46.4 Å². The number of nitrogens with zero attached hydrogens (tertiary/aromatic N) is 6. The van der Waals surface area contributed by atoms with Crippen LogP contribution in [0.15, 0.2) is 64.4 Å². The third-order valence-corrected chi connectivity index (χ3v) is 10.8. The lowest BCUT2D eigenvalue weighted by Crippen LogP contribution is -2.26. The molecule has 272 valence electrons. The molecule has 2 heterocycles. The first-order chi connectivity index (χ1) is 23.4. The number of phenolic OH excluding ortho intramolecular Hbond substituents is 2. The maximum absolute atomic E-state index is 15.1. The highest BCUT2D eigenvalue weighted by molar-refractivity contribution is 7.91. The molecule has 5 rings (SSSR count). The predicted octanol–water partition coefficient (Wildman–Crippen LogP) is 9.01. The molecule has 0 aliphatic heterocycles. The van der Waals surface area contributed by atoms with Crippen molar-refractivity contribution < 1.29 is 18.6 Å². The number of hydrogen-bond donors (Lipinski definition) is 2. The van der Waals surface area contributed by atoms with Crippen molar-refractivity contribution in [3.8, 4) is 22.9 Å². The molecule has 5 aromatic rings. The monoisotopic (exact) mass is 712 g/mol. The average molecular weight is 713 g/mol. The minimum Gasteiger partial charge on any atom is -0.504 e. The van der Waals surface area contributed by atoms with Crippen molar-refractivity contribution in [1.29, 1.82) is 0 Å². The van der Waals surface area contributed by atoms with E-state index in [4.69, 9.17) is 0 Å². The smallest absolute Gasteiger partial charge is 0.214 e. The number of aromatic hydroxyl groups is 2. The Morgan fingerprint density at radius 3 is 1.47 bits per heavy atom. The average Bonchev–Trinajstić information content (AvgIpc) is 3.58. The van der Waals surface area contributed by atoms with Gasteiger partial charge >= 0.3 is 0 Å². The van der Waals surface area contributed by atoms with Crippen molar-refractivity contribution >= 4 is 26.9 Å². The molecule has 0 saturated heterocycles. The van der Waals surface area contributed by atoms with E-state index in [1.54, 1.807) is 37.3 Å². The van der Waals surface area contributed by atoms with Gasteiger partial charge in [0.25, 0.3) is 0 Å². The van der Waals surface area contributed by atoms with Crippen LogP contribution in [0.4, 0.5) is 0 Å². The van der Waals surface area contributed by atoms with E-state index in [9.17, 15) is 10.2 Å². The fourth-order valence-corrected chi connectivity index (χ4v) is 8.95. The van der Waals surface area contributed by atoms with E-state index >= 15 is 8.42 Å². The quantitative estimate of drug-likeness (QED) is 0.155. The molecule has 0 amide bonds. The Labute approximate surface area is 302 Å². The molecule has 0 aliphatic carbocycles. The molecule has 0 fully saturated rings. The summed E-state index contributed by atoms with van der Waals surface area (Å²) in [5.41, 5.74) is 2.74. The normalized spacial score (nSPS) is 13.5. The summed E-state index contributed by atoms with van der Waals surface area (Å²) in [4.78, 5) is 1.85. The van der Waals surface area contributed by atoms with Crippen LogP contribution in [-0.4, -0.2) is 48.6 Å². The highest BCUT2D eigenvalue weighted by Gasteiger charge is 2.36. The maximum atomic E-state index is 15.1. The maximum Gasteiger partial charge on any atom is 0.214 e. The van der Waals surface area contributed by atoms with Crippen molar-refractivity contribution in [1.82, 2.24) is 30.0 Å². The fourth-order valence-electron chi connectivity index (χ4n) is 7.43. The minimum absolute atomic E-state index is 0.0966. The van der Waals surface area contributed by atoms with Gasteiger partial charge in [-0.1, -0.05) is 87.4 Å². The summed E-state index contributed by atoms with van der Waals surface area (Å²) in [5, 5.41) is 42.2. The van der Waals surface area contributed by atoms with Crippen molar-refractivity contribution in [2.45, 2.75) is 117 Å².